The van der Waals surface area contributed by atoms with E-state index in [1.165, 1.54) is 17.6 Å². The van der Waals surface area contributed by atoms with Crippen LogP contribution in [-0.4, -0.2) is 44.6 Å². The molecule has 0 aliphatic heterocycles. The van der Waals surface area contributed by atoms with E-state index < -0.39 is 5.97 Å². The maximum Gasteiger partial charge on any atom is 0.341 e. The topological polar surface area (TPSA) is 90.9 Å². The molecule has 0 bridgehead atoms. The molecular weight excluding hydrogens is 490 g/mol. The number of fused-ring (bicyclic) bond motifs is 1. The number of benzene rings is 2. The molecule has 8 heteroatoms. The monoisotopic (exact) mass is 521 g/mol. The fourth-order valence-electron chi connectivity index (χ4n) is 4.52. The van der Waals surface area contributed by atoms with Crippen LogP contribution in [0.15, 0.2) is 54.6 Å². The summed E-state index contributed by atoms with van der Waals surface area (Å²) in [5.41, 5.74) is 3.36. The molecule has 7 nitrogen and oxygen atoms in total. The molecule has 37 heavy (non-hydrogen) atoms. The second-order valence-corrected chi connectivity index (χ2v) is 9.87. The summed E-state index contributed by atoms with van der Waals surface area (Å²) >= 11 is 1.55. The molecular formula is C29H31NO6S. The number of hydrogen-bond donors (Lipinski definition) is 1. The summed E-state index contributed by atoms with van der Waals surface area (Å²) < 4.78 is 15.6. The summed E-state index contributed by atoms with van der Waals surface area (Å²) in [6.45, 7) is 2.38. The number of nitrogens with one attached hydrogen (secondary N) is 1. The van der Waals surface area contributed by atoms with E-state index in [2.05, 4.69) is 29.6 Å². The molecule has 1 atom stereocenters. The first-order valence-electron chi connectivity index (χ1n) is 12.4. The second kappa shape index (κ2) is 12.5. The number of ketones is 1. The first kappa shape index (κ1) is 26.4. The largest absolute Gasteiger partial charge is 0.494 e. The average molecular weight is 522 g/mol. The summed E-state index contributed by atoms with van der Waals surface area (Å²) in [4.78, 5) is 38.3. The Morgan fingerprint density at radius 1 is 1.05 bits per heavy atom. The number of carbonyl (C=O) groups excluding carboxylic acids is 3. The van der Waals surface area contributed by atoms with Gasteiger partial charge >= 0.3 is 11.9 Å². The average Bonchev–Trinajstić information content (AvgIpc) is 3.29. The zero-order valence-corrected chi connectivity index (χ0v) is 21.9. The Kier molecular flexibility index (Phi) is 8.95. The van der Waals surface area contributed by atoms with E-state index in [0.717, 1.165) is 24.8 Å². The van der Waals surface area contributed by atoms with Gasteiger partial charge in [-0.25, -0.2) is 4.79 Å². The van der Waals surface area contributed by atoms with Crippen LogP contribution in [0.4, 0.5) is 5.00 Å². The highest BCUT2D eigenvalue weighted by molar-refractivity contribution is 7.16. The highest BCUT2D eigenvalue weighted by atomic mass is 32.1. The minimum absolute atomic E-state index is 0.0619. The van der Waals surface area contributed by atoms with E-state index in [1.807, 2.05) is 13.0 Å². The number of rotatable bonds is 11. The Labute approximate surface area is 220 Å². The van der Waals surface area contributed by atoms with Crippen LogP contribution < -0.4 is 10.1 Å². The molecule has 0 amide bonds. The molecule has 1 N–H and O–H groups in total. The number of Topliss-reactive ketones (excluding diaryl/α,β-unsaturated/α-hetero) is 1. The predicted octanol–water partition coefficient (Wildman–Crippen LogP) is 5.43. The number of ether oxygens (including phenoxy) is 3. The van der Waals surface area contributed by atoms with Crippen LogP contribution in [0, 0.1) is 0 Å². The third-order valence-corrected chi connectivity index (χ3v) is 7.60. The lowest BCUT2D eigenvalue weighted by Gasteiger charge is -2.22. The van der Waals surface area contributed by atoms with Crippen molar-refractivity contribution >= 4 is 34.1 Å². The third-order valence-electron chi connectivity index (χ3n) is 6.39. The highest BCUT2D eigenvalue weighted by Gasteiger charge is 2.30. The Morgan fingerprint density at radius 3 is 2.51 bits per heavy atom. The van der Waals surface area contributed by atoms with Crippen LogP contribution in [0.3, 0.4) is 0 Å². The van der Waals surface area contributed by atoms with Crippen LogP contribution in [0.1, 0.15) is 62.4 Å². The lowest BCUT2D eigenvalue weighted by molar-refractivity contribution is -0.142. The van der Waals surface area contributed by atoms with Crippen LogP contribution >= 0.6 is 11.3 Å². The molecule has 0 fully saturated rings. The van der Waals surface area contributed by atoms with Gasteiger partial charge in [0.25, 0.3) is 0 Å². The lowest BCUT2D eigenvalue weighted by atomic mass is 9.83. The highest BCUT2D eigenvalue weighted by Crippen LogP contribution is 2.42. The second-order valence-electron chi connectivity index (χ2n) is 8.77. The lowest BCUT2D eigenvalue weighted by Crippen LogP contribution is -2.17. The van der Waals surface area contributed by atoms with Crippen molar-refractivity contribution in [3.8, 4) is 5.75 Å². The van der Waals surface area contributed by atoms with Gasteiger partial charge in [-0.2, -0.15) is 0 Å². The number of hydrogen-bond acceptors (Lipinski definition) is 8. The molecule has 2 aromatic carbocycles. The van der Waals surface area contributed by atoms with Gasteiger partial charge in [-0.05, 0) is 67.5 Å². The molecule has 0 spiro atoms. The molecule has 0 saturated heterocycles. The van der Waals surface area contributed by atoms with Crippen molar-refractivity contribution in [2.75, 3.05) is 32.2 Å². The Balaban J connectivity index is 1.32. The fourth-order valence-corrected chi connectivity index (χ4v) is 5.86. The zero-order valence-electron chi connectivity index (χ0n) is 21.1. The van der Waals surface area contributed by atoms with Gasteiger partial charge in [0.05, 0.1) is 25.7 Å². The smallest absolute Gasteiger partial charge is 0.341 e. The van der Waals surface area contributed by atoms with Crippen molar-refractivity contribution in [1.29, 1.82) is 0 Å². The normalized spacial score (nSPS) is 14.4. The van der Waals surface area contributed by atoms with Crippen LogP contribution in [0.2, 0.25) is 0 Å². The predicted molar refractivity (Wildman–Crippen MR) is 143 cm³/mol. The van der Waals surface area contributed by atoms with E-state index in [-0.39, 0.29) is 31.3 Å². The molecule has 1 aromatic heterocycles. The van der Waals surface area contributed by atoms with Gasteiger partial charge in [0, 0.05) is 17.0 Å². The summed E-state index contributed by atoms with van der Waals surface area (Å²) in [5, 5.41) is 3.94. The van der Waals surface area contributed by atoms with Crippen LogP contribution in [0.5, 0.6) is 5.75 Å². The van der Waals surface area contributed by atoms with Crippen molar-refractivity contribution < 1.29 is 28.6 Å². The fraction of sp³-hybridized carbons (Fsp3) is 0.345. The number of carbonyl (C=O) groups is 3. The maximum absolute atomic E-state index is 12.6. The van der Waals surface area contributed by atoms with Gasteiger partial charge in [-0.3, -0.25) is 9.59 Å². The van der Waals surface area contributed by atoms with Gasteiger partial charge in [0.15, 0.2) is 12.4 Å². The third kappa shape index (κ3) is 6.57. The van der Waals surface area contributed by atoms with E-state index in [4.69, 9.17) is 14.2 Å². The van der Waals surface area contributed by atoms with Gasteiger partial charge in [0.2, 0.25) is 0 Å². The molecule has 1 unspecified atom stereocenters. The van der Waals surface area contributed by atoms with Gasteiger partial charge in [-0.15, -0.1) is 11.3 Å². The standard InChI is InChI=1S/C29H31NO6S/c1-3-35-22-12-9-20(10-13-22)24(31)18-36-26(32)15-16-30-28-27(29(33)34-2)23-14-11-21(17-25(23)37-28)19-7-5-4-6-8-19/h4-10,12-13,21,30H,3,11,14-18H2,1-2H3. The van der Waals surface area contributed by atoms with E-state index in [0.29, 0.717) is 34.4 Å². The molecule has 194 valence electrons. The molecule has 0 saturated carbocycles. The molecule has 1 heterocycles. The molecule has 1 aliphatic rings. The Bertz CT molecular complexity index is 1240. The van der Waals surface area contributed by atoms with Crippen molar-refractivity contribution in [1.82, 2.24) is 0 Å². The number of anilines is 1. The molecule has 4 rings (SSSR count). The SMILES string of the molecule is CCOc1ccc(C(=O)COC(=O)CCNc2sc3c(c2C(=O)OC)CCC(c2ccccc2)C3)cc1. The van der Waals surface area contributed by atoms with Gasteiger partial charge in [-0.1, -0.05) is 30.3 Å². The van der Waals surface area contributed by atoms with E-state index in [1.54, 1.807) is 35.6 Å². The first-order chi connectivity index (χ1) is 18.0. The van der Waals surface area contributed by atoms with E-state index >= 15 is 0 Å². The first-order valence-corrected chi connectivity index (χ1v) is 13.2. The maximum atomic E-state index is 12.6. The molecule has 0 radical (unpaired) electrons. The Morgan fingerprint density at radius 2 is 1.81 bits per heavy atom. The minimum Gasteiger partial charge on any atom is -0.494 e. The van der Waals surface area contributed by atoms with Crippen molar-refractivity contribution in [3.63, 3.8) is 0 Å². The molecule has 3 aromatic rings. The summed E-state index contributed by atoms with van der Waals surface area (Å²) in [7, 11) is 1.38. The van der Waals surface area contributed by atoms with Crippen molar-refractivity contribution in [3.05, 3.63) is 81.7 Å². The van der Waals surface area contributed by atoms with Crippen molar-refractivity contribution in [2.45, 2.75) is 38.5 Å². The summed E-state index contributed by atoms with van der Waals surface area (Å²) in [5.74, 6) is -0.0531. The summed E-state index contributed by atoms with van der Waals surface area (Å²) in [6.07, 6.45) is 2.69. The van der Waals surface area contributed by atoms with Gasteiger partial charge in [0.1, 0.15) is 10.8 Å². The van der Waals surface area contributed by atoms with E-state index in [9.17, 15) is 14.4 Å². The number of thiophene rings is 1. The Hall–Kier alpha value is -3.65. The number of esters is 2. The minimum atomic E-state index is -0.489. The number of methoxy groups -OCH3 is 1. The van der Waals surface area contributed by atoms with Crippen molar-refractivity contribution in [2.24, 2.45) is 0 Å². The summed E-state index contributed by atoms with van der Waals surface area (Å²) in [6, 6.07) is 17.1. The molecule has 1 aliphatic carbocycles. The van der Waals surface area contributed by atoms with Crippen LogP contribution in [0.25, 0.3) is 0 Å². The quantitative estimate of drug-likeness (QED) is 0.266. The van der Waals surface area contributed by atoms with Gasteiger partial charge < -0.3 is 19.5 Å². The zero-order chi connectivity index (χ0) is 26.2. The van der Waals surface area contributed by atoms with Crippen LogP contribution in [-0.2, 0) is 27.1 Å².